The van der Waals surface area contributed by atoms with Crippen LogP contribution in [-0.4, -0.2) is 59.8 Å². The Morgan fingerprint density at radius 2 is 0.421 bits per heavy atom. The van der Waals surface area contributed by atoms with Crippen LogP contribution in [0.15, 0.2) is 364 Å². The number of nitrogens with zero attached hydrogens (tertiary/aromatic N) is 12. The smallest absolute Gasteiger partial charge is 0.0973 e. The molecule has 0 aliphatic heterocycles. The van der Waals surface area contributed by atoms with Crippen molar-refractivity contribution in [3.8, 4) is 101 Å². The second kappa shape index (κ2) is 27.2. The first-order chi connectivity index (χ1) is 56.4. The molecule has 12 nitrogen and oxygen atoms in total. The zero-order valence-corrected chi connectivity index (χ0v) is 61.0. The quantitative estimate of drug-likeness (QED) is 0.126. The van der Waals surface area contributed by atoms with Crippen molar-refractivity contribution >= 4 is 131 Å². The molecule has 528 valence electrons. The first kappa shape index (κ1) is 65.4. The third kappa shape index (κ3) is 11.9. The largest absolute Gasteiger partial charge is 0.254 e. The van der Waals surface area contributed by atoms with E-state index >= 15 is 0 Å². The molecule has 0 fully saturated rings. The summed E-state index contributed by atoms with van der Waals surface area (Å²) in [7, 11) is 0. The zero-order valence-electron chi connectivity index (χ0n) is 61.0. The van der Waals surface area contributed by atoms with E-state index < -0.39 is 0 Å². The third-order valence-corrected chi connectivity index (χ3v) is 21.8. The number of rotatable bonds is 9. The van der Waals surface area contributed by atoms with Gasteiger partial charge in [0.25, 0.3) is 0 Å². The summed E-state index contributed by atoms with van der Waals surface area (Å²) in [5.74, 6) is 0. The SMILES string of the molecule is c1ccc(-c2ccc3ccc4ccc(-c5ccc6ccc(-c7ccc8ccc(-c9cc%10cccnc%10c%10ncccc9%10)cc8n7)cc6n5)nc4c3n2)cc1.c1ccc(-c2ccc3ccc4ccc(-c5ccc6ccc(-c7ccc8ccc(-c9cccc(-c%10ccc%11ccc%12cccnc%12c%11n%10)c9)cc8n7)cc6n5)nc4c3n2)cc1. The summed E-state index contributed by atoms with van der Waals surface area (Å²) in [4.78, 5) is 60.2. The molecule has 12 heteroatoms. The van der Waals surface area contributed by atoms with Crippen molar-refractivity contribution < 1.29 is 0 Å². The maximum atomic E-state index is 5.19. The van der Waals surface area contributed by atoms with Crippen molar-refractivity contribution in [2.45, 2.75) is 0 Å². The number of benzene rings is 11. The molecular formula is C102H60N12. The maximum absolute atomic E-state index is 5.19. The van der Waals surface area contributed by atoms with E-state index in [0.717, 1.165) is 232 Å². The van der Waals surface area contributed by atoms with Crippen molar-refractivity contribution in [1.82, 2.24) is 59.8 Å². The summed E-state index contributed by atoms with van der Waals surface area (Å²) in [6.07, 6.45) is 5.48. The Bertz CT molecular complexity index is 7890. The standard InChI is InChI=1S/C54H32N6.C48H28N6/c1-2-6-33(7-3-1)44-25-21-38-15-16-39-23-28-48(60-54(39)53(38)58-44)47-27-20-35-12-18-43(32-50(35)57-47)45-24-19-34-11-17-41(31-49(34)56-45)40-8-4-9-42(30-40)46-26-22-37-14-13-36-10-5-29-55-51(36)52(37)59-46;1-2-6-29(7-3-1)39-21-18-32-12-13-33-19-23-42(54-47(33)46(32)53-39)41-22-17-31-11-15-35(28-44(31)52-41)40-20-16-30-10-14-34(27-43(30)51-40)38-26-36-8-4-24-49-45(36)48-37(38)9-5-25-50-48/h1-32H;1-28H. The lowest BCUT2D eigenvalue weighted by molar-refractivity contribution is 1.31. The Balaban J connectivity index is 0.000000140. The van der Waals surface area contributed by atoms with E-state index in [0.29, 0.717) is 0 Å². The van der Waals surface area contributed by atoms with Gasteiger partial charge in [-0.2, -0.15) is 0 Å². The highest BCUT2D eigenvalue weighted by Crippen LogP contribution is 2.39. The summed E-state index contributed by atoms with van der Waals surface area (Å²) >= 11 is 0. The second-order valence-electron chi connectivity index (χ2n) is 28.7. The summed E-state index contributed by atoms with van der Waals surface area (Å²) in [6, 6.07) is 119. The van der Waals surface area contributed by atoms with Crippen molar-refractivity contribution in [2.75, 3.05) is 0 Å². The van der Waals surface area contributed by atoms with Crippen LogP contribution in [0.25, 0.3) is 232 Å². The highest BCUT2D eigenvalue weighted by atomic mass is 14.8. The Hall–Kier alpha value is -15.7. The summed E-state index contributed by atoms with van der Waals surface area (Å²) < 4.78 is 0. The molecule has 0 unspecified atom stereocenters. The minimum atomic E-state index is 0.802. The molecule has 0 amide bonds. The van der Waals surface area contributed by atoms with Gasteiger partial charge >= 0.3 is 0 Å². The first-order valence-corrected chi connectivity index (χ1v) is 37.9. The van der Waals surface area contributed by atoms with Gasteiger partial charge in [-0.1, -0.05) is 237 Å². The van der Waals surface area contributed by atoms with Crippen molar-refractivity contribution in [3.63, 3.8) is 0 Å². The molecule has 0 spiro atoms. The van der Waals surface area contributed by atoms with Crippen LogP contribution in [0.4, 0.5) is 0 Å². The van der Waals surface area contributed by atoms with Crippen molar-refractivity contribution in [1.29, 1.82) is 0 Å². The van der Waals surface area contributed by atoms with Gasteiger partial charge in [0.05, 0.1) is 117 Å². The third-order valence-electron chi connectivity index (χ3n) is 21.8. The molecule has 0 atom stereocenters. The first-order valence-electron chi connectivity index (χ1n) is 37.9. The van der Waals surface area contributed by atoms with Gasteiger partial charge in [0.1, 0.15) is 0 Å². The topological polar surface area (TPSA) is 155 Å². The molecule has 0 radical (unpaired) electrons. The summed E-state index contributed by atoms with van der Waals surface area (Å²) in [5, 5.41) is 12.7. The fourth-order valence-corrected chi connectivity index (χ4v) is 15.9. The molecule has 0 saturated carbocycles. The predicted molar refractivity (Wildman–Crippen MR) is 465 cm³/mol. The molecule has 11 aromatic carbocycles. The van der Waals surface area contributed by atoms with Crippen LogP contribution in [0, 0.1) is 0 Å². The van der Waals surface area contributed by atoms with Gasteiger partial charge in [0.15, 0.2) is 0 Å². The Morgan fingerprint density at radius 1 is 0.140 bits per heavy atom. The fourth-order valence-electron chi connectivity index (χ4n) is 15.9. The Kier molecular flexibility index (Phi) is 15.6. The molecule has 23 aromatic rings. The second-order valence-corrected chi connectivity index (χ2v) is 28.7. The number of hydrogen-bond donors (Lipinski definition) is 0. The zero-order chi connectivity index (χ0) is 75.2. The van der Waals surface area contributed by atoms with Gasteiger partial charge in [-0.3, -0.25) is 15.0 Å². The van der Waals surface area contributed by atoms with Crippen LogP contribution in [-0.2, 0) is 0 Å². The molecule has 0 aliphatic rings. The normalized spacial score (nSPS) is 11.7. The lowest BCUT2D eigenvalue weighted by Crippen LogP contribution is -1.93. The average Bonchev–Trinajstić information content (AvgIpc) is 0.769. The average molecular weight is 1450 g/mol. The minimum absolute atomic E-state index is 0.802. The molecule has 12 aromatic heterocycles. The molecule has 0 bridgehead atoms. The number of pyridine rings is 12. The van der Waals surface area contributed by atoms with Gasteiger partial charge < -0.3 is 0 Å². The minimum Gasteiger partial charge on any atom is -0.254 e. The van der Waals surface area contributed by atoms with Crippen LogP contribution in [0.2, 0.25) is 0 Å². The monoisotopic (exact) mass is 1450 g/mol. The van der Waals surface area contributed by atoms with Gasteiger partial charge in [-0.15, -0.1) is 0 Å². The van der Waals surface area contributed by atoms with Crippen LogP contribution in [0.3, 0.4) is 0 Å². The van der Waals surface area contributed by atoms with E-state index in [4.69, 9.17) is 49.8 Å². The van der Waals surface area contributed by atoms with E-state index in [1.165, 1.54) is 0 Å². The maximum Gasteiger partial charge on any atom is 0.0973 e. The number of hydrogen-bond acceptors (Lipinski definition) is 12. The van der Waals surface area contributed by atoms with E-state index in [-0.39, 0.29) is 0 Å². The number of fused-ring (bicyclic) bond motifs is 16. The van der Waals surface area contributed by atoms with Crippen LogP contribution in [0.5, 0.6) is 0 Å². The molecule has 0 saturated heterocycles. The van der Waals surface area contributed by atoms with Crippen LogP contribution in [0.1, 0.15) is 0 Å². The van der Waals surface area contributed by atoms with Crippen LogP contribution < -0.4 is 0 Å². The highest BCUT2D eigenvalue weighted by Gasteiger charge is 2.18. The Labute approximate surface area is 652 Å². The lowest BCUT2D eigenvalue weighted by Gasteiger charge is -2.11. The van der Waals surface area contributed by atoms with Gasteiger partial charge in [0.2, 0.25) is 0 Å². The summed E-state index contributed by atoms with van der Waals surface area (Å²) in [6.45, 7) is 0. The van der Waals surface area contributed by atoms with Gasteiger partial charge in [-0.05, 0) is 131 Å². The predicted octanol–water partition coefficient (Wildman–Crippen LogP) is 25.0. The van der Waals surface area contributed by atoms with E-state index in [1.807, 2.05) is 97.5 Å². The van der Waals surface area contributed by atoms with Crippen molar-refractivity contribution in [2.24, 2.45) is 0 Å². The summed E-state index contributed by atoms with van der Waals surface area (Å²) in [5.41, 5.74) is 28.1. The van der Waals surface area contributed by atoms with E-state index in [9.17, 15) is 0 Å². The molecule has 114 heavy (non-hydrogen) atoms. The Morgan fingerprint density at radius 3 is 0.904 bits per heavy atom. The number of aromatic nitrogens is 12. The highest BCUT2D eigenvalue weighted by molar-refractivity contribution is 6.12. The molecule has 0 N–H and O–H groups in total. The molecular weight excluding hydrogens is 1390 g/mol. The van der Waals surface area contributed by atoms with Crippen LogP contribution >= 0.6 is 0 Å². The molecule has 0 aliphatic carbocycles. The van der Waals surface area contributed by atoms with E-state index in [1.54, 1.807) is 0 Å². The van der Waals surface area contributed by atoms with E-state index in [2.05, 4.69) is 277 Å². The molecule has 23 rings (SSSR count). The fraction of sp³-hybridized carbons (Fsp3) is 0. The molecule has 12 heterocycles. The van der Waals surface area contributed by atoms with Crippen molar-refractivity contribution in [3.05, 3.63) is 364 Å². The lowest BCUT2D eigenvalue weighted by atomic mass is 9.96. The van der Waals surface area contributed by atoms with Gasteiger partial charge in [0, 0.05) is 111 Å². The van der Waals surface area contributed by atoms with Gasteiger partial charge in [-0.25, -0.2) is 44.9 Å².